The minimum atomic E-state index is -0.285. The van der Waals surface area contributed by atoms with Gasteiger partial charge in [-0.05, 0) is 46.4 Å². The Morgan fingerprint density at radius 3 is 2.59 bits per heavy atom. The van der Waals surface area contributed by atoms with Gasteiger partial charge in [0.2, 0.25) is 11.1 Å². The quantitative estimate of drug-likeness (QED) is 0.756. The topological polar surface area (TPSA) is 72.7 Å². The van der Waals surface area contributed by atoms with Gasteiger partial charge in [0.1, 0.15) is 5.82 Å². The summed E-state index contributed by atoms with van der Waals surface area (Å²) in [4.78, 5) is 12.6. The Bertz CT molecular complexity index is 765. The van der Waals surface area contributed by atoms with E-state index in [1.807, 2.05) is 4.68 Å². The molecular formula is C19H26FN5OS. The van der Waals surface area contributed by atoms with Gasteiger partial charge in [0.05, 0.1) is 17.8 Å². The van der Waals surface area contributed by atoms with Crippen LogP contribution >= 0.6 is 11.8 Å². The molecule has 0 spiro atoms. The van der Waals surface area contributed by atoms with Crippen molar-refractivity contribution in [2.24, 2.45) is 5.41 Å². The van der Waals surface area contributed by atoms with Crippen LogP contribution in [0.2, 0.25) is 0 Å². The Balaban J connectivity index is 1.63. The maximum atomic E-state index is 13.2. The molecule has 1 heterocycles. The fourth-order valence-corrected chi connectivity index (χ4v) is 4.20. The number of amides is 1. The van der Waals surface area contributed by atoms with E-state index < -0.39 is 0 Å². The second-order valence-electron chi connectivity index (χ2n) is 8.05. The highest BCUT2D eigenvalue weighted by Gasteiger charge is 2.28. The van der Waals surface area contributed by atoms with Crippen molar-refractivity contribution < 1.29 is 9.18 Å². The van der Waals surface area contributed by atoms with Crippen LogP contribution in [0.15, 0.2) is 29.4 Å². The van der Waals surface area contributed by atoms with Gasteiger partial charge in [-0.15, -0.1) is 5.10 Å². The van der Waals surface area contributed by atoms with E-state index >= 15 is 0 Å². The SMILES string of the molecule is CC(C)(C)C(NC(=O)CSc1nnnn1C1CCCC1)c1ccc(F)cc1. The lowest BCUT2D eigenvalue weighted by molar-refractivity contribution is -0.120. The molecule has 0 aliphatic heterocycles. The molecule has 6 nitrogen and oxygen atoms in total. The minimum Gasteiger partial charge on any atom is -0.348 e. The van der Waals surface area contributed by atoms with Crippen LogP contribution in [-0.4, -0.2) is 31.9 Å². The molecule has 1 aliphatic rings. The third-order valence-corrected chi connectivity index (χ3v) is 5.77. The number of hydrogen-bond donors (Lipinski definition) is 1. The second kappa shape index (κ2) is 8.37. The van der Waals surface area contributed by atoms with E-state index in [9.17, 15) is 9.18 Å². The second-order valence-corrected chi connectivity index (χ2v) is 8.99. The summed E-state index contributed by atoms with van der Waals surface area (Å²) in [7, 11) is 0. The fourth-order valence-electron chi connectivity index (χ4n) is 3.45. The van der Waals surface area contributed by atoms with Gasteiger partial charge in [-0.2, -0.15) is 0 Å². The molecule has 1 saturated carbocycles. The van der Waals surface area contributed by atoms with E-state index in [0.717, 1.165) is 18.4 Å². The van der Waals surface area contributed by atoms with Crippen molar-refractivity contribution in [3.8, 4) is 0 Å². The molecule has 1 fully saturated rings. The van der Waals surface area contributed by atoms with Crippen molar-refractivity contribution >= 4 is 17.7 Å². The molecule has 1 aromatic carbocycles. The number of benzene rings is 1. The maximum Gasteiger partial charge on any atom is 0.230 e. The molecule has 146 valence electrons. The van der Waals surface area contributed by atoms with Crippen LogP contribution < -0.4 is 5.32 Å². The molecule has 1 amide bonds. The van der Waals surface area contributed by atoms with E-state index in [2.05, 4.69) is 41.6 Å². The van der Waals surface area contributed by atoms with Crippen LogP contribution in [0.4, 0.5) is 4.39 Å². The lowest BCUT2D eigenvalue weighted by Gasteiger charge is -2.32. The first-order chi connectivity index (χ1) is 12.8. The first-order valence-corrected chi connectivity index (χ1v) is 10.3. The zero-order valence-electron chi connectivity index (χ0n) is 16.0. The molecule has 1 atom stereocenters. The highest BCUT2D eigenvalue weighted by atomic mass is 32.2. The zero-order valence-corrected chi connectivity index (χ0v) is 16.8. The van der Waals surface area contributed by atoms with Crippen molar-refractivity contribution in [3.63, 3.8) is 0 Å². The number of tetrazole rings is 1. The number of carbonyl (C=O) groups excluding carboxylic acids is 1. The lowest BCUT2D eigenvalue weighted by atomic mass is 9.82. The number of nitrogens with one attached hydrogen (secondary N) is 1. The van der Waals surface area contributed by atoms with Gasteiger partial charge >= 0.3 is 0 Å². The molecule has 2 aromatic rings. The first kappa shape index (κ1) is 19.8. The highest BCUT2D eigenvalue weighted by Crippen LogP contribution is 2.34. The summed E-state index contributed by atoms with van der Waals surface area (Å²) in [5, 5.41) is 15.7. The van der Waals surface area contributed by atoms with Gasteiger partial charge in [0.25, 0.3) is 0 Å². The van der Waals surface area contributed by atoms with E-state index in [0.29, 0.717) is 11.2 Å². The van der Waals surface area contributed by atoms with Crippen molar-refractivity contribution in [3.05, 3.63) is 35.6 Å². The van der Waals surface area contributed by atoms with Crippen LogP contribution in [-0.2, 0) is 4.79 Å². The zero-order chi connectivity index (χ0) is 19.4. The predicted molar refractivity (Wildman–Crippen MR) is 103 cm³/mol. The molecule has 3 rings (SSSR count). The molecule has 1 unspecified atom stereocenters. The van der Waals surface area contributed by atoms with E-state index in [-0.39, 0.29) is 28.9 Å². The van der Waals surface area contributed by atoms with Crippen LogP contribution in [0.3, 0.4) is 0 Å². The summed E-state index contributed by atoms with van der Waals surface area (Å²) >= 11 is 1.35. The number of rotatable bonds is 6. The Morgan fingerprint density at radius 2 is 1.96 bits per heavy atom. The normalized spacial score (nSPS) is 16.4. The van der Waals surface area contributed by atoms with Crippen molar-refractivity contribution in [2.75, 3.05) is 5.75 Å². The van der Waals surface area contributed by atoms with Gasteiger partial charge in [-0.3, -0.25) is 4.79 Å². The van der Waals surface area contributed by atoms with Crippen LogP contribution in [0, 0.1) is 11.2 Å². The monoisotopic (exact) mass is 391 g/mol. The van der Waals surface area contributed by atoms with Crippen LogP contribution in [0.25, 0.3) is 0 Å². The highest BCUT2D eigenvalue weighted by molar-refractivity contribution is 7.99. The smallest absolute Gasteiger partial charge is 0.230 e. The summed E-state index contributed by atoms with van der Waals surface area (Å²) in [5.41, 5.74) is 0.682. The van der Waals surface area contributed by atoms with Gasteiger partial charge in [-0.25, -0.2) is 9.07 Å². The Morgan fingerprint density at radius 1 is 1.30 bits per heavy atom. The average molecular weight is 392 g/mol. The van der Waals surface area contributed by atoms with Gasteiger partial charge in [0.15, 0.2) is 0 Å². The third-order valence-electron chi connectivity index (χ3n) is 4.84. The molecular weight excluding hydrogens is 365 g/mol. The summed E-state index contributed by atoms with van der Waals surface area (Å²) in [6.07, 6.45) is 4.56. The van der Waals surface area contributed by atoms with E-state index in [1.54, 1.807) is 12.1 Å². The number of hydrogen-bond acceptors (Lipinski definition) is 5. The number of aromatic nitrogens is 4. The number of carbonyl (C=O) groups is 1. The molecule has 1 aromatic heterocycles. The molecule has 27 heavy (non-hydrogen) atoms. The summed E-state index contributed by atoms with van der Waals surface area (Å²) < 4.78 is 15.1. The Hall–Kier alpha value is -1.96. The third kappa shape index (κ3) is 5.06. The summed E-state index contributed by atoms with van der Waals surface area (Å²) in [6, 6.07) is 6.41. The predicted octanol–water partition coefficient (Wildman–Crippen LogP) is 3.92. The molecule has 0 radical (unpaired) electrons. The van der Waals surface area contributed by atoms with E-state index in [1.165, 1.54) is 36.7 Å². The first-order valence-electron chi connectivity index (χ1n) is 9.30. The van der Waals surface area contributed by atoms with Gasteiger partial charge < -0.3 is 5.32 Å². The standard InChI is InChI=1S/C19H26FN5OS/c1-19(2,3)17(13-8-10-14(20)11-9-13)21-16(26)12-27-18-22-23-24-25(18)15-6-4-5-7-15/h8-11,15,17H,4-7,12H2,1-3H3,(H,21,26). The van der Waals surface area contributed by atoms with Gasteiger partial charge in [0, 0.05) is 0 Å². The number of thioether (sulfide) groups is 1. The van der Waals surface area contributed by atoms with Crippen molar-refractivity contribution in [1.82, 2.24) is 25.5 Å². The molecule has 0 saturated heterocycles. The van der Waals surface area contributed by atoms with Crippen molar-refractivity contribution in [1.29, 1.82) is 0 Å². The molecule has 8 heteroatoms. The van der Waals surface area contributed by atoms with Gasteiger partial charge in [-0.1, -0.05) is 57.5 Å². The van der Waals surface area contributed by atoms with Crippen LogP contribution in [0.1, 0.15) is 64.1 Å². The number of nitrogens with zero attached hydrogens (tertiary/aromatic N) is 4. The summed E-state index contributed by atoms with van der Waals surface area (Å²) in [6.45, 7) is 6.15. The summed E-state index contributed by atoms with van der Waals surface area (Å²) in [5.74, 6) is -0.141. The fraction of sp³-hybridized carbons (Fsp3) is 0.579. The largest absolute Gasteiger partial charge is 0.348 e. The van der Waals surface area contributed by atoms with Crippen LogP contribution in [0.5, 0.6) is 0 Å². The van der Waals surface area contributed by atoms with E-state index in [4.69, 9.17) is 0 Å². The molecule has 0 bridgehead atoms. The number of halogens is 1. The lowest BCUT2D eigenvalue weighted by Crippen LogP contribution is -2.37. The minimum absolute atomic E-state index is 0.0924. The Kier molecular flexibility index (Phi) is 6.14. The molecule has 1 aliphatic carbocycles. The molecule has 1 N–H and O–H groups in total. The van der Waals surface area contributed by atoms with Crippen molar-refractivity contribution in [2.45, 2.75) is 63.7 Å². The maximum absolute atomic E-state index is 13.2. The Labute approximate surface area is 163 Å². The average Bonchev–Trinajstić information content (AvgIpc) is 3.29.